The number of rotatable bonds is 3. The quantitative estimate of drug-likeness (QED) is 0.931. The summed E-state index contributed by atoms with van der Waals surface area (Å²) >= 11 is 9.16. The Balaban J connectivity index is 3.22. The molecule has 1 unspecified atom stereocenters. The first-order chi connectivity index (χ1) is 6.93. The van der Waals surface area contributed by atoms with E-state index >= 15 is 0 Å². The molecule has 0 aliphatic heterocycles. The number of aliphatic carboxylic acids is 1. The highest BCUT2D eigenvalue weighted by atomic mass is 79.9. The van der Waals surface area contributed by atoms with Gasteiger partial charge in [-0.2, -0.15) is 0 Å². The second-order valence-corrected chi connectivity index (χ2v) is 4.66. The van der Waals surface area contributed by atoms with Crippen molar-refractivity contribution in [3.63, 3.8) is 0 Å². The highest BCUT2D eigenvalue weighted by molar-refractivity contribution is 9.10. The molecule has 0 saturated carbocycles. The summed E-state index contributed by atoms with van der Waals surface area (Å²) in [5, 5.41) is 9.64. The van der Waals surface area contributed by atoms with Gasteiger partial charge in [-0.05, 0) is 37.9 Å². The van der Waals surface area contributed by atoms with Crippen molar-refractivity contribution in [2.45, 2.75) is 6.04 Å². The van der Waals surface area contributed by atoms with Crippen LogP contribution in [0, 0.1) is 0 Å². The first-order valence-corrected chi connectivity index (χ1v) is 5.44. The topological polar surface area (TPSA) is 40.5 Å². The van der Waals surface area contributed by atoms with E-state index in [0.717, 1.165) is 4.47 Å². The molecular formula is C10H11BrClNO2. The van der Waals surface area contributed by atoms with Crippen LogP contribution in [0.5, 0.6) is 0 Å². The first-order valence-electron chi connectivity index (χ1n) is 4.27. The molecule has 0 heterocycles. The van der Waals surface area contributed by atoms with E-state index in [1.54, 1.807) is 37.2 Å². The molecule has 1 aromatic rings. The van der Waals surface area contributed by atoms with Crippen LogP contribution in [0.25, 0.3) is 0 Å². The van der Waals surface area contributed by atoms with Crippen LogP contribution in [0.15, 0.2) is 22.7 Å². The van der Waals surface area contributed by atoms with Gasteiger partial charge in [-0.15, -0.1) is 0 Å². The lowest BCUT2D eigenvalue weighted by Crippen LogP contribution is -2.27. The van der Waals surface area contributed by atoms with Crippen LogP contribution in [0.2, 0.25) is 5.02 Å². The Morgan fingerprint density at radius 1 is 1.53 bits per heavy atom. The lowest BCUT2D eigenvalue weighted by molar-refractivity contribution is -0.142. The van der Waals surface area contributed by atoms with Gasteiger partial charge in [0.05, 0.1) is 0 Å². The molecule has 0 amide bonds. The Bertz CT molecular complexity index is 382. The van der Waals surface area contributed by atoms with Gasteiger partial charge in [-0.25, -0.2) is 0 Å². The van der Waals surface area contributed by atoms with Gasteiger partial charge in [0.15, 0.2) is 0 Å². The van der Waals surface area contributed by atoms with Crippen LogP contribution in [0.4, 0.5) is 0 Å². The maximum atomic E-state index is 11.1. The molecule has 0 aliphatic rings. The normalized spacial score (nSPS) is 12.9. The number of likely N-dealkylation sites (N-methyl/N-ethyl adjacent to an activating group) is 1. The summed E-state index contributed by atoms with van der Waals surface area (Å²) in [6, 6.07) is 4.42. The molecule has 1 N–H and O–H groups in total. The van der Waals surface area contributed by atoms with E-state index in [2.05, 4.69) is 15.9 Å². The molecule has 0 spiro atoms. The zero-order chi connectivity index (χ0) is 11.6. The molecule has 0 fully saturated rings. The summed E-state index contributed by atoms with van der Waals surface area (Å²) in [7, 11) is 3.43. The lowest BCUT2D eigenvalue weighted by Gasteiger charge is -2.21. The average molecular weight is 293 g/mol. The Morgan fingerprint density at radius 3 is 2.60 bits per heavy atom. The van der Waals surface area contributed by atoms with Gasteiger partial charge < -0.3 is 5.11 Å². The third-order valence-corrected chi connectivity index (χ3v) is 2.96. The van der Waals surface area contributed by atoms with Crippen molar-refractivity contribution in [3.8, 4) is 0 Å². The van der Waals surface area contributed by atoms with E-state index in [4.69, 9.17) is 16.7 Å². The van der Waals surface area contributed by atoms with Gasteiger partial charge in [0.1, 0.15) is 6.04 Å². The summed E-state index contributed by atoms with van der Waals surface area (Å²) in [6.45, 7) is 0. The number of carboxylic acid groups (broad SMARTS) is 1. The van der Waals surface area contributed by atoms with Crippen molar-refractivity contribution in [2.75, 3.05) is 14.1 Å². The fraction of sp³-hybridized carbons (Fsp3) is 0.300. The third-order valence-electron chi connectivity index (χ3n) is 2.00. The second-order valence-electron chi connectivity index (χ2n) is 3.37. The predicted molar refractivity (Wildman–Crippen MR) is 63.2 cm³/mol. The van der Waals surface area contributed by atoms with Crippen molar-refractivity contribution in [1.82, 2.24) is 4.90 Å². The highest BCUT2D eigenvalue weighted by Crippen LogP contribution is 2.29. The molecule has 0 aromatic heterocycles. The summed E-state index contributed by atoms with van der Waals surface area (Å²) in [5.74, 6) is -0.900. The van der Waals surface area contributed by atoms with Crippen molar-refractivity contribution < 1.29 is 9.90 Å². The second kappa shape index (κ2) is 4.96. The number of hydrogen-bond acceptors (Lipinski definition) is 2. The predicted octanol–water partition coefficient (Wildman–Crippen LogP) is 2.79. The van der Waals surface area contributed by atoms with E-state index < -0.39 is 12.0 Å². The summed E-state index contributed by atoms with van der Waals surface area (Å²) in [4.78, 5) is 12.7. The van der Waals surface area contributed by atoms with E-state index in [-0.39, 0.29) is 0 Å². The first kappa shape index (κ1) is 12.5. The van der Waals surface area contributed by atoms with E-state index in [1.165, 1.54) is 0 Å². The fourth-order valence-electron chi connectivity index (χ4n) is 1.36. The Morgan fingerprint density at radius 2 is 2.13 bits per heavy atom. The number of halogens is 2. The van der Waals surface area contributed by atoms with E-state index in [0.29, 0.717) is 10.6 Å². The van der Waals surface area contributed by atoms with Gasteiger partial charge in [-0.1, -0.05) is 27.5 Å². The number of benzene rings is 1. The highest BCUT2D eigenvalue weighted by Gasteiger charge is 2.24. The minimum Gasteiger partial charge on any atom is -0.480 e. The minimum absolute atomic E-state index is 0.529. The minimum atomic E-state index is -0.900. The number of carbonyl (C=O) groups is 1. The Labute approximate surface area is 102 Å². The van der Waals surface area contributed by atoms with Gasteiger partial charge >= 0.3 is 5.97 Å². The molecular weight excluding hydrogens is 281 g/mol. The van der Waals surface area contributed by atoms with Crippen molar-refractivity contribution in [2.24, 2.45) is 0 Å². The number of nitrogens with zero attached hydrogens (tertiary/aromatic N) is 1. The average Bonchev–Trinajstić information content (AvgIpc) is 2.10. The summed E-state index contributed by atoms with van der Waals surface area (Å²) in [6.07, 6.45) is 0. The van der Waals surface area contributed by atoms with Gasteiger partial charge in [0, 0.05) is 9.50 Å². The molecule has 1 rings (SSSR count). The summed E-state index contributed by atoms with van der Waals surface area (Å²) in [5.41, 5.74) is 0.653. The van der Waals surface area contributed by atoms with Crippen LogP contribution in [0.1, 0.15) is 11.6 Å². The van der Waals surface area contributed by atoms with Crippen LogP contribution in [0.3, 0.4) is 0 Å². The maximum Gasteiger partial charge on any atom is 0.325 e. The molecule has 0 aliphatic carbocycles. The van der Waals surface area contributed by atoms with Gasteiger partial charge in [0.25, 0.3) is 0 Å². The van der Waals surface area contributed by atoms with Crippen molar-refractivity contribution >= 4 is 33.5 Å². The maximum absolute atomic E-state index is 11.1. The Hall–Kier alpha value is -0.580. The zero-order valence-electron chi connectivity index (χ0n) is 8.37. The van der Waals surface area contributed by atoms with Crippen molar-refractivity contribution in [3.05, 3.63) is 33.3 Å². The third kappa shape index (κ3) is 2.93. The van der Waals surface area contributed by atoms with Crippen LogP contribution >= 0.6 is 27.5 Å². The van der Waals surface area contributed by atoms with Gasteiger partial charge in [0.2, 0.25) is 0 Å². The fourth-order valence-corrected chi connectivity index (χ4v) is 2.00. The largest absolute Gasteiger partial charge is 0.480 e. The SMILES string of the molecule is CN(C)C(C(=O)O)c1cc(Cl)ccc1Br. The molecule has 15 heavy (non-hydrogen) atoms. The number of carboxylic acids is 1. The van der Waals surface area contributed by atoms with E-state index in [1.807, 2.05) is 0 Å². The molecule has 3 nitrogen and oxygen atoms in total. The standard InChI is InChI=1S/C10H11BrClNO2/c1-13(2)9(10(14)15)7-5-6(12)3-4-8(7)11/h3-5,9H,1-2H3,(H,14,15). The monoisotopic (exact) mass is 291 g/mol. The molecule has 1 atom stereocenters. The lowest BCUT2D eigenvalue weighted by atomic mass is 10.1. The molecule has 5 heteroatoms. The smallest absolute Gasteiger partial charge is 0.325 e. The van der Waals surface area contributed by atoms with Crippen LogP contribution < -0.4 is 0 Å². The van der Waals surface area contributed by atoms with Crippen LogP contribution in [-0.4, -0.2) is 30.1 Å². The molecule has 82 valence electrons. The van der Waals surface area contributed by atoms with E-state index in [9.17, 15) is 4.79 Å². The molecule has 0 radical (unpaired) electrons. The summed E-state index contributed by atoms with van der Waals surface area (Å²) < 4.78 is 0.744. The van der Waals surface area contributed by atoms with Gasteiger partial charge in [-0.3, -0.25) is 9.69 Å². The Kier molecular flexibility index (Phi) is 4.13. The number of hydrogen-bond donors (Lipinski definition) is 1. The molecule has 0 bridgehead atoms. The molecule has 0 saturated heterocycles. The zero-order valence-corrected chi connectivity index (χ0v) is 10.7. The molecule has 1 aromatic carbocycles. The van der Waals surface area contributed by atoms with Crippen molar-refractivity contribution in [1.29, 1.82) is 0 Å². The van der Waals surface area contributed by atoms with Crippen LogP contribution in [-0.2, 0) is 4.79 Å².